The van der Waals surface area contributed by atoms with Crippen LogP contribution in [0.3, 0.4) is 0 Å². The second kappa shape index (κ2) is 8.32. The normalized spacial score (nSPS) is 35.9. The largest absolute Gasteiger partial charge is 0.458 e. The van der Waals surface area contributed by atoms with Crippen molar-refractivity contribution < 1.29 is 38.5 Å². The van der Waals surface area contributed by atoms with Crippen molar-refractivity contribution >= 4 is 23.7 Å². The number of ether oxygens (including phenoxy) is 3. The van der Waals surface area contributed by atoms with E-state index in [2.05, 4.69) is 13.2 Å². The maximum absolute atomic E-state index is 12.7. The third-order valence-electron chi connectivity index (χ3n) is 5.09. The molecule has 0 aromatic carbocycles. The van der Waals surface area contributed by atoms with Crippen LogP contribution in [0.15, 0.2) is 36.5 Å². The third-order valence-corrected chi connectivity index (χ3v) is 5.09. The van der Waals surface area contributed by atoms with Crippen molar-refractivity contribution in [2.24, 2.45) is 11.8 Å². The lowest BCUT2D eigenvalue weighted by Gasteiger charge is -2.39. The molecule has 1 heterocycles. The van der Waals surface area contributed by atoms with E-state index in [4.69, 9.17) is 14.2 Å². The molecule has 2 rings (SSSR count). The number of aliphatic hydroxyl groups is 1. The molecule has 1 aliphatic carbocycles. The molecule has 1 fully saturated rings. The topological polar surface area (TPSA) is 116 Å². The number of fused-ring (bicyclic) bond motifs is 1. The first-order valence-electron chi connectivity index (χ1n) is 9.24. The van der Waals surface area contributed by atoms with Gasteiger partial charge in [0.15, 0.2) is 23.6 Å². The van der Waals surface area contributed by atoms with Crippen molar-refractivity contribution in [1.82, 2.24) is 0 Å². The minimum atomic E-state index is -2.24. The molecular weight excluding hydrogens is 380 g/mol. The van der Waals surface area contributed by atoms with E-state index in [0.717, 1.165) is 13.8 Å². The molecule has 2 aliphatic rings. The molecule has 1 N–H and O–H groups in total. The first kappa shape index (κ1) is 22.5. The van der Waals surface area contributed by atoms with E-state index in [9.17, 15) is 24.3 Å². The summed E-state index contributed by atoms with van der Waals surface area (Å²) in [4.78, 5) is 49.0. The second-order valence-corrected chi connectivity index (χ2v) is 7.76. The van der Waals surface area contributed by atoms with Crippen LogP contribution in [0, 0.1) is 11.8 Å². The second-order valence-electron chi connectivity index (χ2n) is 7.76. The Morgan fingerprint density at radius 3 is 2.45 bits per heavy atom. The summed E-state index contributed by atoms with van der Waals surface area (Å²) < 4.78 is 16.2. The first-order valence-corrected chi connectivity index (χ1v) is 9.24. The summed E-state index contributed by atoms with van der Waals surface area (Å²) in [6.07, 6.45) is -0.676. The van der Waals surface area contributed by atoms with E-state index in [1.165, 1.54) is 13.0 Å². The van der Waals surface area contributed by atoms with Gasteiger partial charge in [-0.05, 0) is 32.3 Å². The van der Waals surface area contributed by atoms with Crippen LogP contribution < -0.4 is 0 Å². The molecular formula is C21H26O8. The van der Waals surface area contributed by atoms with E-state index in [-0.39, 0.29) is 17.1 Å². The molecule has 0 bridgehead atoms. The molecule has 0 aromatic rings. The molecule has 0 aromatic heterocycles. The van der Waals surface area contributed by atoms with Crippen LogP contribution in [0.4, 0.5) is 0 Å². The van der Waals surface area contributed by atoms with Crippen molar-refractivity contribution in [3.8, 4) is 0 Å². The highest BCUT2D eigenvalue weighted by Gasteiger charge is 2.55. The summed E-state index contributed by atoms with van der Waals surface area (Å²) in [6.45, 7) is 12.7. The molecule has 1 saturated heterocycles. The molecule has 0 radical (unpaired) electrons. The SMILES string of the molecule is C=C(C)C(=O)O[C@@H]1C(OC(C)=O)[C@@](C)(O)C(=O)/C=C\C(C)C[C@H]2OC(=O)C(=C)[C@H]12. The number of carbonyl (C=O) groups is 4. The van der Waals surface area contributed by atoms with E-state index < -0.39 is 53.5 Å². The quantitative estimate of drug-likeness (QED) is 0.425. The summed E-state index contributed by atoms with van der Waals surface area (Å²) >= 11 is 0. The Bertz CT molecular complexity index is 791. The number of rotatable bonds is 3. The average molecular weight is 406 g/mol. The summed E-state index contributed by atoms with van der Waals surface area (Å²) in [5.41, 5.74) is -2.18. The Morgan fingerprint density at radius 2 is 1.90 bits per heavy atom. The Balaban J connectivity index is 2.67. The lowest BCUT2D eigenvalue weighted by atomic mass is 9.77. The maximum atomic E-state index is 12.7. The molecule has 2 unspecified atom stereocenters. The van der Waals surface area contributed by atoms with Crippen molar-refractivity contribution in [1.29, 1.82) is 0 Å². The van der Waals surface area contributed by atoms with Crippen molar-refractivity contribution in [2.75, 3.05) is 0 Å². The van der Waals surface area contributed by atoms with Gasteiger partial charge in [0, 0.05) is 18.1 Å². The summed E-state index contributed by atoms with van der Waals surface area (Å²) in [7, 11) is 0. The highest BCUT2D eigenvalue weighted by molar-refractivity contribution is 5.98. The average Bonchev–Trinajstić information content (AvgIpc) is 2.88. The van der Waals surface area contributed by atoms with Crippen molar-refractivity contribution in [3.63, 3.8) is 0 Å². The highest BCUT2D eigenvalue weighted by atomic mass is 16.6. The van der Waals surface area contributed by atoms with Gasteiger partial charge in [-0.2, -0.15) is 0 Å². The Hall–Kier alpha value is -2.74. The van der Waals surface area contributed by atoms with E-state index in [0.29, 0.717) is 6.42 Å². The summed E-state index contributed by atoms with van der Waals surface area (Å²) in [6, 6.07) is 0. The van der Waals surface area contributed by atoms with Gasteiger partial charge in [-0.3, -0.25) is 9.59 Å². The fraction of sp³-hybridized carbons (Fsp3) is 0.524. The van der Waals surface area contributed by atoms with Gasteiger partial charge < -0.3 is 19.3 Å². The minimum Gasteiger partial charge on any atom is -0.458 e. The van der Waals surface area contributed by atoms with Crippen molar-refractivity contribution in [3.05, 3.63) is 36.5 Å². The number of hydrogen-bond donors (Lipinski definition) is 1. The third kappa shape index (κ3) is 4.64. The predicted molar refractivity (Wildman–Crippen MR) is 101 cm³/mol. The van der Waals surface area contributed by atoms with Crippen LogP contribution >= 0.6 is 0 Å². The van der Waals surface area contributed by atoms with Crippen LogP contribution in [0.5, 0.6) is 0 Å². The smallest absolute Gasteiger partial charge is 0.334 e. The number of esters is 3. The highest BCUT2D eigenvalue weighted by Crippen LogP contribution is 2.40. The van der Waals surface area contributed by atoms with E-state index >= 15 is 0 Å². The molecule has 1 aliphatic heterocycles. The number of carbonyl (C=O) groups excluding carboxylic acids is 4. The molecule has 6 atom stereocenters. The standard InChI is InChI=1S/C21H26O8/c1-10(2)19(24)29-17-16-12(4)20(25)28-14(16)9-11(3)7-8-15(23)21(6,26)18(17)27-13(5)22/h7-8,11,14,16-18,26H,1,4,9H2,2-3,5-6H3/b8-7-/t11?,14-,16+,17+,18?,21+/m1/s1. The van der Waals surface area contributed by atoms with Gasteiger partial charge in [0.25, 0.3) is 0 Å². The van der Waals surface area contributed by atoms with Crippen LogP contribution in [0.25, 0.3) is 0 Å². The fourth-order valence-electron chi connectivity index (χ4n) is 3.49. The van der Waals surface area contributed by atoms with Crippen LogP contribution in [0.2, 0.25) is 0 Å². The van der Waals surface area contributed by atoms with Gasteiger partial charge in [-0.25, -0.2) is 9.59 Å². The molecule has 8 heteroatoms. The van der Waals surface area contributed by atoms with E-state index in [1.807, 2.05) is 6.92 Å². The Morgan fingerprint density at radius 1 is 1.28 bits per heavy atom. The summed E-state index contributed by atoms with van der Waals surface area (Å²) in [5.74, 6) is -4.17. The zero-order chi connectivity index (χ0) is 22.1. The molecule has 29 heavy (non-hydrogen) atoms. The first-order chi connectivity index (χ1) is 13.4. The predicted octanol–water partition coefficient (Wildman–Crippen LogP) is 1.42. The Kier molecular flexibility index (Phi) is 6.47. The number of hydrogen-bond acceptors (Lipinski definition) is 8. The monoisotopic (exact) mass is 406 g/mol. The zero-order valence-corrected chi connectivity index (χ0v) is 17.0. The van der Waals surface area contributed by atoms with Crippen molar-refractivity contribution in [2.45, 2.75) is 58.0 Å². The Labute approximate surface area is 169 Å². The van der Waals surface area contributed by atoms with Gasteiger partial charge in [0.05, 0.1) is 5.92 Å². The number of allylic oxidation sites excluding steroid dienone is 1. The lowest BCUT2D eigenvalue weighted by molar-refractivity contribution is -0.194. The maximum Gasteiger partial charge on any atom is 0.334 e. The summed E-state index contributed by atoms with van der Waals surface area (Å²) in [5, 5.41) is 11.0. The molecule has 158 valence electrons. The van der Waals surface area contributed by atoms with Crippen LogP contribution in [-0.2, 0) is 33.4 Å². The van der Waals surface area contributed by atoms with Gasteiger partial charge in [-0.1, -0.05) is 26.2 Å². The van der Waals surface area contributed by atoms with Crippen LogP contribution in [0.1, 0.15) is 34.1 Å². The molecule has 0 amide bonds. The number of ketones is 1. The van der Waals surface area contributed by atoms with Gasteiger partial charge in [0.2, 0.25) is 0 Å². The van der Waals surface area contributed by atoms with Gasteiger partial charge >= 0.3 is 17.9 Å². The molecule has 0 spiro atoms. The fourth-order valence-corrected chi connectivity index (χ4v) is 3.49. The van der Waals surface area contributed by atoms with Gasteiger partial charge in [-0.15, -0.1) is 0 Å². The van der Waals surface area contributed by atoms with Gasteiger partial charge in [0.1, 0.15) is 6.10 Å². The van der Waals surface area contributed by atoms with E-state index in [1.54, 1.807) is 6.08 Å². The molecule has 0 saturated carbocycles. The minimum absolute atomic E-state index is 0.00618. The molecule has 8 nitrogen and oxygen atoms in total. The van der Waals surface area contributed by atoms with Crippen LogP contribution in [-0.4, -0.2) is 52.7 Å². The lowest BCUT2D eigenvalue weighted by Crippen LogP contribution is -2.58. The zero-order valence-electron chi connectivity index (χ0n) is 17.0.